The number of nitrogens with zero attached hydrogens (tertiary/aromatic N) is 3. The average molecular weight is 204 g/mol. The number of carbonyl (C=O) groups is 1. The van der Waals surface area contributed by atoms with Gasteiger partial charge in [0.05, 0.1) is 12.1 Å². The highest BCUT2D eigenvalue weighted by molar-refractivity contribution is 6.15. The van der Waals surface area contributed by atoms with Crippen LogP contribution in [-0.2, 0) is 4.79 Å². The molecule has 0 radical (unpaired) electrons. The Hall–Kier alpha value is -1.78. The molecule has 1 N–H and O–H groups in total. The highest BCUT2D eigenvalue weighted by Gasteiger charge is 2.30. The molecule has 5 heteroatoms. The van der Waals surface area contributed by atoms with Gasteiger partial charge in [-0.3, -0.25) is 14.8 Å². The van der Waals surface area contributed by atoms with Crippen LogP contribution in [0, 0.1) is 5.92 Å². The molecule has 2 heterocycles. The first-order chi connectivity index (χ1) is 7.33. The molecule has 0 bridgehead atoms. The maximum Gasteiger partial charge on any atom is 0.249 e. The second-order valence-electron chi connectivity index (χ2n) is 3.41. The molecule has 0 fully saturated rings. The van der Waals surface area contributed by atoms with E-state index in [2.05, 4.69) is 20.5 Å². The molecule has 0 aromatic carbocycles. The first-order valence-corrected chi connectivity index (χ1v) is 4.96. The van der Waals surface area contributed by atoms with Gasteiger partial charge in [-0.1, -0.05) is 13.3 Å². The molecule has 0 saturated carbocycles. The van der Waals surface area contributed by atoms with Gasteiger partial charge in [-0.15, -0.1) is 0 Å². The van der Waals surface area contributed by atoms with Crippen molar-refractivity contribution in [2.45, 2.75) is 19.8 Å². The third-order valence-electron chi connectivity index (χ3n) is 2.34. The second-order valence-corrected chi connectivity index (χ2v) is 3.41. The molecule has 1 aliphatic rings. The van der Waals surface area contributed by atoms with Gasteiger partial charge >= 0.3 is 0 Å². The number of aromatic nitrogens is 2. The monoisotopic (exact) mass is 204 g/mol. The van der Waals surface area contributed by atoms with Crippen molar-refractivity contribution in [1.82, 2.24) is 15.4 Å². The van der Waals surface area contributed by atoms with Gasteiger partial charge < -0.3 is 0 Å². The van der Waals surface area contributed by atoms with Crippen LogP contribution in [0.3, 0.4) is 0 Å². The number of hydrazone groups is 1. The maximum atomic E-state index is 11.5. The maximum absolute atomic E-state index is 11.5. The number of hydrogen-bond acceptors (Lipinski definition) is 4. The van der Waals surface area contributed by atoms with Crippen LogP contribution in [0.5, 0.6) is 0 Å². The van der Waals surface area contributed by atoms with Gasteiger partial charge in [0.1, 0.15) is 11.4 Å². The summed E-state index contributed by atoms with van der Waals surface area (Å²) in [6, 6.07) is 0. The molecule has 0 aliphatic carbocycles. The normalized spacial score (nSPS) is 19.9. The summed E-state index contributed by atoms with van der Waals surface area (Å²) in [7, 11) is 0. The number of amides is 1. The van der Waals surface area contributed by atoms with Gasteiger partial charge in [0.25, 0.3) is 0 Å². The van der Waals surface area contributed by atoms with Crippen LogP contribution in [0.25, 0.3) is 0 Å². The molecule has 1 aromatic heterocycles. The molecule has 78 valence electrons. The van der Waals surface area contributed by atoms with E-state index in [0.717, 1.165) is 12.8 Å². The highest BCUT2D eigenvalue weighted by Crippen LogP contribution is 2.17. The Balaban J connectivity index is 2.26. The van der Waals surface area contributed by atoms with E-state index in [4.69, 9.17) is 0 Å². The molecule has 0 saturated heterocycles. The lowest BCUT2D eigenvalue weighted by molar-refractivity contribution is -0.122. The van der Waals surface area contributed by atoms with E-state index >= 15 is 0 Å². The minimum atomic E-state index is -0.174. The molecule has 1 unspecified atom stereocenters. The van der Waals surface area contributed by atoms with Crippen LogP contribution in [0.1, 0.15) is 25.5 Å². The summed E-state index contributed by atoms with van der Waals surface area (Å²) in [5, 5.41) is 4.00. The smallest absolute Gasteiger partial charge is 0.249 e. The summed E-state index contributed by atoms with van der Waals surface area (Å²) in [6.07, 6.45) is 6.56. The van der Waals surface area contributed by atoms with Gasteiger partial charge in [-0.2, -0.15) is 5.10 Å². The van der Waals surface area contributed by atoms with Crippen molar-refractivity contribution in [3.05, 3.63) is 24.3 Å². The molecule has 1 amide bonds. The van der Waals surface area contributed by atoms with Crippen molar-refractivity contribution < 1.29 is 4.79 Å². The van der Waals surface area contributed by atoms with Crippen LogP contribution < -0.4 is 5.43 Å². The highest BCUT2D eigenvalue weighted by atomic mass is 16.2. The average Bonchev–Trinajstić information content (AvgIpc) is 2.63. The Morgan fingerprint density at radius 1 is 1.47 bits per heavy atom. The van der Waals surface area contributed by atoms with E-state index in [1.807, 2.05) is 6.92 Å². The molecule has 1 aromatic rings. The molecule has 0 spiro atoms. The Labute approximate surface area is 87.6 Å². The van der Waals surface area contributed by atoms with Crippen molar-refractivity contribution in [3.63, 3.8) is 0 Å². The summed E-state index contributed by atoms with van der Waals surface area (Å²) in [5.74, 6) is -0.218. The van der Waals surface area contributed by atoms with E-state index in [0.29, 0.717) is 11.4 Å². The van der Waals surface area contributed by atoms with Crippen LogP contribution in [0.2, 0.25) is 0 Å². The summed E-state index contributed by atoms with van der Waals surface area (Å²) in [4.78, 5) is 19.6. The van der Waals surface area contributed by atoms with E-state index in [-0.39, 0.29) is 11.8 Å². The SMILES string of the molecule is CCCC1C(=O)NN=C1c1cnccn1. The zero-order valence-corrected chi connectivity index (χ0v) is 8.47. The van der Waals surface area contributed by atoms with Crippen molar-refractivity contribution in [3.8, 4) is 0 Å². The van der Waals surface area contributed by atoms with Crippen LogP contribution in [0.15, 0.2) is 23.7 Å². The summed E-state index contributed by atoms with van der Waals surface area (Å²) in [5.41, 5.74) is 3.86. The lowest BCUT2D eigenvalue weighted by Gasteiger charge is -2.07. The largest absolute Gasteiger partial charge is 0.272 e. The Morgan fingerprint density at radius 3 is 3.00 bits per heavy atom. The molecule has 1 atom stereocenters. The van der Waals surface area contributed by atoms with Crippen LogP contribution in [-0.4, -0.2) is 21.6 Å². The first-order valence-electron chi connectivity index (χ1n) is 4.96. The minimum Gasteiger partial charge on any atom is -0.272 e. The number of hydrogen-bond donors (Lipinski definition) is 1. The van der Waals surface area contributed by atoms with Gasteiger partial charge in [0.15, 0.2) is 0 Å². The predicted molar refractivity (Wildman–Crippen MR) is 55.1 cm³/mol. The van der Waals surface area contributed by atoms with Crippen LogP contribution >= 0.6 is 0 Å². The van der Waals surface area contributed by atoms with Gasteiger partial charge in [-0.05, 0) is 6.42 Å². The van der Waals surface area contributed by atoms with E-state index in [1.54, 1.807) is 18.6 Å². The zero-order valence-electron chi connectivity index (χ0n) is 8.47. The third kappa shape index (κ3) is 1.86. The fraction of sp³-hybridized carbons (Fsp3) is 0.400. The van der Waals surface area contributed by atoms with Crippen molar-refractivity contribution >= 4 is 11.6 Å². The van der Waals surface area contributed by atoms with E-state index < -0.39 is 0 Å². The number of rotatable bonds is 3. The fourth-order valence-electron chi connectivity index (χ4n) is 1.62. The quantitative estimate of drug-likeness (QED) is 0.789. The summed E-state index contributed by atoms with van der Waals surface area (Å²) < 4.78 is 0. The lowest BCUT2D eigenvalue weighted by atomic mass is 9.96. The molecular weight excluding hydrogens is 192 g/mol. The Kier molecular flexibility index (Phi) is 2.71. The van der Waals surface area contributed by atoms with Crippen molar-refractivity contribution in [2.24, 2.45) is 11.0 Å². The standard InChI is InChI=1S/C10H12N4O/c1-2-3-7-9(13-14-10(7)15)8-6-11-4-5-12-8/h4-7H,2-3H2,1H3,(H,14,15). The third-order valence-corrected chi connectivity index (χ3v) is 2.34. The second kappa shape index (κ2) is 4.16. The molecule has 2 rings (SSSR count). The fourth-order valence-corrected chi connectivity index (χ4v) is 1.62. The summed E-state index contributed by atoms with van der Waals surface area (Å²) >= 11 is 0. The minimum absolute atomic E-state index is 0.0440. The topological polar surface area (TPSA) is 67.2 Å². The molecule has 1 aliphatic heterocycles. The van der Waals surface area contributed by atoms with Crippen LogP contribution in [0.4, 0.5) is 0 Å². The van der Waals surface area contributed by atoms with Gasteiger partial charge in [0.2, 0.25) is 5.91 Å². The molecule has 5 nitrogen and oxygen atoms in total. The number of carbonyl (C=O) groups excluding carboxylic acids is 1. The van der Waals surface area contributed by atoms with Crippen molar-refractivity contribution in [2.75, 3.05) is 0 Å². The van der Waals surface area contributed by atoms with E-state index in [1.165, 1.54) is 0 Å². The van der Waals surface area contributed by atoms with E-state index in [9.17, 15) is 4.79 Å². The van der Waals surface area contributed by atoms with Gasteiger partial charge in [-0.25, -0.2) is 5.43 Å². The number of nitrogens with one attached hydrogen (secondary N) is 1. The molecule has 15 heavy (non-hydrogen) atoms. The molecular formula is C10H12N4O. The lowest BCUT2D eigenvalue weighted by Crippen LogP contribution is -2.23. The zero-order chi connectivity index (χ0) is 10.7. The Bertz CT molecular complexity index is 388. The predicted octanol–water partition coefficient (Wildman–Crippen LogP) is 0.727. The van der Waals surface area contributed by atoms with Crippen molar-refractivity contribution in [1.29, 1.82) is 0 Å². The van der Waals surface area contributed by atoms with Gasteiger partial charge in [0, 0.05) is 12.4 Å². The summed E-state index contributed by atoms with van der Waals surface area (Å²) in [6.45, 7) is 2.04. The Morgan fingerprint density at radius 2 is 2.33 bits per heavy atom. The first kappa shape index (κ1) is 9.76.